The van der Waals surface area contributed by atoms with Gasteiger partial charge < -0.3 is 15.3 Å². The van der Waals surface area contributed by atoms with Crippen molar-refractivity contribution < 1.29 is 51.8 Å². The van der Waals surface area contributed by atoms with Gasteiger partial charge in [0.1, 0.15) is 23.1 Å². The van der Waals surface area contributed by atoms with Crippen LogP contribution in [0, 0.1) is 11.6 Å². The first-order chi connectivity index (χ1) is 14.7. The number of hydrogen-bond donors (Lipinski definition) is 4. The number of benzene rings is 2. The Balaban J connectivity index is 0. The molecule has 1 amide bonds. The molecule has 2 aromatic carbocycles. The van der Waals surface area contributed by atoms with E-state index in [1.54, 1.807) is 4.89 Å². The molecule has 0 aliphatic rings. The number of nitrogens with one attached hydrogen (secondary N) is 1. The van der Waals surface area contributed by atoms with Crippen molar-refractivity contribution >= 4 is 34.3 Å². The molecule has 186 valence electrons. The van der Waals surface area contributed by atoms with Gasteiger partial charge >= 0.3 is 5.97 Å². The van der Waals surface area contributed by atoms with Crippen LogP contribution in [-0.2, 0) is 19.7 Å². The van der Waals surface area contributed by atoms with Gasteiger partial charge in [-0.3, -0.25) is 14.5 Å². The maximum absolute atomic E-state index is 13.1. The predicted octanol–water partition coefficient (Wildman–Crippen LogP) is 1.91. The van der Waals surface area contributed by atoms with Gasteiger partial charge in [0.2, 0.25) is 10.0 Å². The summed E-state index contributed by atoms with van der Waals surface area (Å²) in [6.07, 6.45) is 1.01. The third-order valence-corrected chi connectivity index (χ3v) is 3.62. The number of carbonyl (C=O) groups is 2. The first-order valence-electron chi connectivity index (χ1n) is 8.25. The first kappa shape index (κ1) is 32.1. The van der Waals surface area contributed by atoms with Crippen LogP contribution in [0.3, 0.4) is 0 Å². The molecule has 0 heterocycles. The summed E-state index contributed by atoms with van der Waals surface area (Å²) >= 11 is 0. The Morgan fingerprint density at radius 1 is 0.970 bits per heavy atom. The van der Waals surface area contributed by atoms with Crippen LogP contribution in [-0.4, -0.2) is 68.2 Å². The van der Waals surface area contributed by atoms with Gasteiger partial charge in [0, 0.05) is 7.05 Å². The molecule has 15 heteroatoms. The molecular weight excluding hydrogens is 494 g/mol. The number of carboxylic acids is 1. The van der Waals surface area contributed by atoms with E-state index in [0.717, 1.165) is 41.7 Å². The summed E-state index contributed by atoms with van der Waals surface area (Å²) in [7, 11) is 0.734. The number of aromatic hydroxyl groups is 2. The molecule has 0 atom stereocenters. The monoisotopic (exact) mass is 516 g/mol. The number of phenols is 2. The standard InChI is InChI=1S/C9H10FNO3.C7H5FO3.C2H7NO3S.ClH/c1-11(14-2)9(13)7-5-6(12)3-4-8(7)10;8-6-2-1-4(9)3-5(6)7(10)11;1-6-3-7(2,4)5;/h3-5,12H,1-2H3;1-3,9H,(H,10,11);3H,1-2H3;1H. The van der Waals surface area contributed by atoms with E-state index in [-0.39, 0.29) is 29.5 Å². The Morgan fingerprint density at radius 2 is 1.39 bits per heavy atom. The summed E-state index contributed by atoms with van der Waals surface area (Å²) in [6, 6.07) is 6.08. The Morgan fingerprint density at radius 3 is 1.70 bits per heavy atom. The van der Waals surface area contributed by atoms with E-state index in [1.165, 1.54) is 27.3 Å². The highest BCUT2D eigenvalue weighted by molar-refractivity contribution is 7.88. The lowest BCUT2D eigenvalue weighted by Crippen LogP contribution is -2.26. The molecule has 0 radical (unpaired) electrons. The van der Waals surface area contributed by atoms with Gasteiger partial charge in [-0.2, -0.15) is 0 Å². The second kappa shape index (κ2) is 14.9. The Hall–Kier alpha value is -3.04. The van der Waals surface area contributed by atoms with E-state index < -0.39 is 39.1 Å². The second-order valence-electron chi connectivity index (χ2n) is 5.68. The SMILES string of the molecule is CON(C)C(=O)c1cc(O)ccc1F.CONS(C)(=O)=O.Cl.O=C(O)c1cc(O)ccc1F. The zero-order valence-electron chi connectivity index (χ0n) is 17.8. The summed E-state index contributed by atoms with van der Waals surface area (Å²) in [4.78, 5) is 32.0. The predicted molar refractivity (Wildman–Crippen MR) is 114 cm³/mol. The molecular formula is C18H23ClF2N2O9S. The fraction of sp³-hybridized carbons (Fsp3) is 0.222. The quantitative estimate of drug-likeness (QED) is 0.435. The molecule has 0 aliphatic carbocycles. The zero-order valence-corrected chi connectivity index (χ0v) is 19.4. The fourth-order valence-electron chi connectivity index (χ4n) is 1.76. The van der Waals surface area contributed by atoms with Crippen molar-refractivity contribution in [1.29, 1.82) is 0 Å². The fourth-order valence-corrected chi connectivity index (χ4v) is 2.06. The second-order valence-corrected chi connectivity index (χ2v) is 7.39. The molecule has 0 saturated carbocycles. The molecule has 0 aliphatic heterocycles. The molecule has 2 rings (SSSR count). The van der Waals surface area contributed by atoms with Crippen LogP contribution in [0.5, 0.6) is 11.5 Å². The van der Waals surface area contributed by atoms with Gasteiger partial charge in [-0.25, -0.2) is 27.1 Å². The molecule has 4 N–H and O–H groups in total. The van der Waals surface area contributed by atoms with Crippen molar-refractivity contribution in [1.82, 2.24) is 9.95 Å². The topological polar surface area (TPSA) is 163 Å². The Labute approximate surface area is 194 Å². The van der Waals surface area contributed by atoms with Gasteiger partial charge in [-0.1, -0.05) is 4.89 Å². The van der Waals surface area contributed by atoms with E-state index in [1.807, 2.05) is 0 Å². The summed E-state index contributed by atoms with van der Waals surface area (Å²) in [5.74, 6) is -4.02. The number of aromatic carboxylic acids is 1. The maximum atomic E-state index is 13.1. The van der Waals surface area contributed by atoms with Gasteiger partial charge in [-0.05, 0) is 36.4 Å². The minimum absolute atomic E-state index is 0. The van der Waals surface area contributed by atoms with Crippen LogP contribution < -0.4 is 4.89 Å². The summed E-state index contributed by atoms with van der Waals surface area (Å²) in [5, 5.41) is 27.0. The molecule has 33 heavy (non-hydrogen) atoms. The van der Waals surface area contributed by atoms with Crippen molar-refractivity contribution in [2.24, 2.45) is 0 Å². The van der Waals surface area contributed by atoms with Gasteiger partial charge in [0.15, 0.2) is 0 Å². The van der Waals surface area contributed by atoms with E-state index >= 15 is 0 Å². The van der Waals surface area contributed by atoms with Crippen molar-refractivity contribution in [3.05, 3.63) is 59.2 Å². The molecule has 0 bridgehead atoms. The molecule has 0 unspecified atom stereocenters. The number of hydrogen-bond acceptors (Lipinski definition) is 8. The van der Waals surface area contributed by atoms with Crippen molar-refractivity contribution in [2.45, 2.75) is 0 Å². The van der Waals surface area contributed by atoms with Crippen LogP contribution in [0.15, 0.2) is 36.4 Å². The van der Waals surface area contributed by atoms with E-state index in [4.69, 9.17) is 15.3 Å². The Kier molecular flexibility index (Phi) is 14.5. The highest BCUT2D eigenvalue weighted by Crippen LogP contribution is 2.17. The van der Waals surface area contributed by atoms with E-state index in [9.17, 15) is 26.8 Å². The number of sulfonamides is 1. The lowest BCUT2D eigenvalue weighted by atomic mass is 10.2. The molecule has 0 fully saturated rings. The van der Waals surface area contributed by atoms with Crippen LogP contribution in [0.25, 0.3) is 0 Å². The molecule has 0 aromatic heterocycles. The van der Waals surface area contributed by atoms with Crippen LogP contribution >= 0.6 is 12.4 Å². The number of rotatable bonds is 5. The maximum Gasteiger partial charge on any atom is 0.338 e. The third kappa shape index (κ3) is 12.5. The molecule has 11 nitrogen and oxygen atoms in total. The smallest absolute Gasteiger partial charge is 0.338 e. The van der Waals surface area contributed by atoms with Gasteiger partial charge in [-0.15, -0.1) is 12.4 Å². The number of phenolic OH excluding ortho intramolecular Hbond substituents is 2. The highest BCUT2D eigenvalue weighted by atomic mass is 35.5. The van der Waals surface area contributed by atoms with E-state index in [0.29, 0.717) is 0 Å². The lowest BCUT2D eigenvalue weighted by molar-refractivity contribution is -0.0759. The van der Waals surface area contributed by atoms with Crippen LogP contribution in [0.2, 0.25) is 0 Å². The highest BCUT2D eigenvalue weighted by Gasteiger charge is 2.16. The third-order valence-electron chi connectivity index (χ3n) is 3.16. The number of nitrogens with zero attached hydrogens (tertiary/aromatic N) is 1. The van der Waals surface area contributed by atoms with Crippen molar-refractivity contribution in [3.63, 3.8) is 0 Å². The van der Waals surface area contributed by atoms with Crippen LogP contribution in [0.1, 0.15) is 20.7 Å². The largest absolute Gasteiger partial charge is 0.508 e. The average Bonchev–Trinajstić information content (AvgIpc) is 2.70. The number of carboxylic acid groups (broad SMARTS) is 1. The lowest BCUT2D eigenvalue weighted by Gasteiger charge is -2.13. The zero-order chi connectivity index (χ0) is 25.1. The number of carbonyl (C=O) groups excluding carboxylic acids is 1. The summed E-state index contributed by atoms with van der Waals surface area (Å²) in [5.41, 5.74) is -0.751. The molecule has 0 spiro atoms. The summed E-state index contributed by atoms with van der Waals surface area (Å²) in [6.45, 7) is 0. The summed E-state index contributed by atoms with van der Waals surface area (Å²) < 4.78 is 45.6. The van der Waals surface area contributed by atoms with Crippen LogP contribution in [0.4, 0.5) is 8.78 Å². The minimum Gasteiger partial charge on any atom is -0.508 e. The molecule has 2 aromatic rings. The van der Waals surface area contributed by atoms with E-state index in [2.05, 4.69) is 9.68 Å². The number of amides is 1. The number of halogens is 3. The Bertz CT molecular complexity index is 1040. The van der Waals surface area contributed by atoms with Crippen molar-refractivity contribution in [2.75, 3.05) is 27.5 Å². The number of hydroxylamine groups is 2. The average molecular weight is 517 g/mol. The molecule has 0 saturated heterocycles. The van der Waals surface area contributed by atoms with Gasteiger partial charge in [0.25, 0.3) is 5.91 Å². The minimum atomic E-state index is -3.15. The first-order valence-corrected chi connectivity index (χ1v) is 10.1. The van der Waals surface area contributed by atoms with Crippen molar-refractivity contribution in [3.8, 4) is 11.5 Å². The normalized spacial score (nSPS) is 9.88. The van der Waals surface area contributed by atoms with Gasteiger partial charge in [0.05, 0.1) is 31.6 Å².